The molecule has 0 fully saturated rings. The second kappa shape index (κ2) is 7.20. The number of nitrogens with one attached hydrogen (secondary N) is 1. The minimum Gasteiger partial charge on any atom is -0.494 e. The Hall–Kier alpha value is -2.99. The van der Waals surface area contributed by atoms with Gasteiger partial charge in [0.2, 0.25) is 0 Å². The number of hydrogen-bond acceptors (Lipinski definition) is 3. The lowest BCUT2D eigenvalue weighted by Crippen LogP contribution is -2.45. The smallest absolute Gasteiger partial charge is 0.322 e. The number of anilines is 1. The van der Waals surface area contributed by atoms with E-state index >= 15 is 0 Å². The van der Waals surface area contributed by atoms with E-state index in [1.54, 1.807) is 24.1 Å². The number of halogens is 1. The van der Waals surface area contributed by atoms with Crippen molar-refractivity contribution in [1.82, 2.24) is 10.2 Å². The minimum atomic E-state index is -0.504. The van der Waals surface area contributed by atoms with Gasteiger partial charge in [-0.1, -0.05) is 23.7 Å². The van der Waals surface area contributed by atoms with E-state index in [1.807, 2.05) is 43.3 Å². The van der Waals surface area contributed by atoms with Crippen LogP contribution in [-0.2, 0) is 4.79 Å². The maximum atomic E-state index is 13.3. The van der Waals surface area contributed by atoms with E-state index in [9.17, 15) is 9.59 Å². The van der Waals surface area contributed by atoms with Gasteiger partial charge in [-0.15, -0.1) is 0 Å². The lowest BCUT2D eigenvalue weighted by molar-refractivity contribution is -0.114. The fourth-order valence-electron chi connectivity index (χ4n) is 3.57. The zero-order valence-corrected chi connectivity index (χ0v) is 16.4. The molecule has 0 bridgehead atoms. The van der Waals surface area contributed by atoms with Crippen molar-refractivity contribution < 1.29 is 14.3 Å². The molecule has 0 radical (unpaired) electrons. The van der Waals surface area contributed by atoms with Crippen LogP contribution in [0.15, 0.2) is 59.8 Å². The van der Waals surface area contributed by atoms with Gasteiger partial charge in [-0.3, -0.25) is 9.69 Å². The van der Waals surface area contributed by atoms with Gasteiger partial charge in [-0.2, -0.15) is 0 Å². The number of carbonyl (C=O) groups excluding carboxylic acids is 2. The zero-order chi connectivity index (χ0) is 19.8. The van der Waals surface area contributed by atoms with E-state index in [4.69, 9.17) is 16.3 Å². The van der Waals surface area contributed by atoms with Crippen LogP contribution < -0.4 is 15.0 Å². The Labute approximate surface area is 168 Å². The van der Waals surface area contributed by atoms with Crippen LogP contribution in [0.4, 0.5) is 10.5 Å². The van der Waals surface area contributed by atoms with Crippen molar-refractivity contribution in [2.75, 3.05) is 25.1 Å². The standard InChI is InChI=1S/C21H20ClN3O3/c1-3-28-16-10-8-15(9-11-16)25-12-17-18(20(25)26)19(23-21(27)24(17)2)13-4-6-14(22)7-5-13/h4-11,19H,3,12H2,1-2H3,(H,23,27)/t19-/m0/s1. The molecule has 0 saturated heterocycles. The third kappa shape index (κ3) is 3.10. The van der Waals surface area contributed by atoms with Crippen molar-refractivity contribution in [3.8, 4) is 5.75 Å². The lowest BCUT2D eigenvalue weighted by Gasteiger charge is -2.31. The molecule has 2 aliphatic heterocycles. The molecular formula is C21H20ClN3O3. The molecule has 0 unspecified atom stereocenters. The molecule has 4 rings (SSSR count). The summed E-state index contributed by atoms with van der Waals surface area (Å²) in [5.74, 6) is 0.634. The fraction of sp³-hybridized carbons (Fsp3) is 0.238. The molecule has 7 heteroatoms. The Bertz CT molecular complexity index is 954. The fourth-order valence-corrected chi connectivity index (χ4v) is 3.70. The first-order chi connectivity index (χ1) is 13.5. The van der Waals surface area contributed by atoms with Crippen molar-refractivity contribution in [1.29, 1.82) is 0 Å². The Kier molecular flexibility index (Phi) is 4.73. The monoisotopic (exact) mass is 397 g/mol. The highest BCUT2D eigenvalue weighted by Gasteiger charge is 2.43. The summed E-state index contributed by atoms with van der Waals surface area (Å²) >= 11 is 5.99. The number of amides is 3. The van der Waals surface area contributed by atoms with Crippen molar-refractivity contribution in [2.24, 2.45) is 0 Å². The van der Waals surface area contributed by atoms with Gasteiger partial charge in [0.1, 0.15) is 5.75 Å². The summed E-state index contributed by atoms with van der Waals surface area (Å²) in [5, 5.41) is 3.52. The quantitative estimate of drug-likeness (QED) is 0.854. The second-order valence-electron chi connectivity index (χ2n) is 6.67. The number of carbonyl (C=O) groups is 2. The summed E-state index contributed by atoms with van der Waals surface area (Å²) in [7, 11) is 1.68. The predicted octanol–water partition coefficient (Wildman–Crippen LogP) is 3.74. The van der Waals surface area contributed by atoms with E-state index in [1.165, 1.54) is 4.90 Å². The summed E-state index contributed by atoms with van der Waals surface area (Å²) < 4.78 is 5.47. The Balaban J connectivity index is 1.68. The number of ether oxygens (including phenoxy) is 1. The van der Waals surface area contributed by atoms with Gasteiger partial charge >= 0.3 is 6.03 Å². The molecule has 144 valence electrons. The van der Waals surface area contributed by atoms with Crippen molar-refractivity contribution in [2.45, 2.75) is 13.0 Å². The summed E-state index contributed by atoms with van der Waals surface area (Å²) in [6.07, 6.45) is 0. The van der Waals surface area contributed by atoms with Crippen molar-refractivity contribution in [3.05, 3.63) is 70.4 Å². The van der Waals surface area contributed by atoms with Crippen molar-refractivity contribution >= 4 is 29.2 Å². The van der Waals surface area contributed by atoms with Gasteiger partial charge in [0, 0.05) is 17.8 Å². The van der Waals surface area contributed by atoms with Crippen LogP contribution in [0.5, 0.6) is 5.75 Å². The van der Waals surface area contributed by atoms with Gasteiger partial charge < -0.3 is 15.0 Å². The number of likely N-dealkylation sites (N-methyl/N-ethyl adjacent to an activating group) is 1. The number of rotatable bonds is 4. The van der Waals surface area contributed by atoms with E-state index in [-0.39, 0.29) is 11.9 Å². The highest BCUT2D eigenvalue weighted by molar-refractivity contribution is 6.30. The zero-order valence-electron chi connectivity index (χ0n) is 15.6. The number of benzene rings is 2. The van der Waals surface area contributed by atoms with E-state index in [0.717, 1.165) is 17.0 Å². The molecule has 0 spiro atoms. The van der Waals surface area contributed by atoms with Gasteiger partial charge in [-0.25, -0.2) is 4.79 Å². The van der Waals surface area contributed by atoms with Gasteiger partial charge in [0.25, 0.3) is 5.91 Å². The van der Waals surface area contributed by atoms with Gasteiger partial charge in [0.05, 0.1) is 30.5 Å². The highest BCUT2D eigenvalue weighted by atomic mass is 35.5. The average molecular weight is 398 g/mol. The molecule has 0 aliphatic carbocycles. The van der Waals surface area contributed by atoms with Gasteiger partial charge in [-0.05, 0) is 48.9 Å². The SMILES string of the molecule is CCOc1ccc(N2CC3=C(C2=O)[C@H](c2ccc(Cl)cc2)NC(=O)N3C)cc1. The van der Waals surface area contributed by atoms with Gasteiger partial charge in [0.15, 0.2) is 0 Å². The van der Waals surface area contributed by atoms with Crippen LogP contribution in [0.3, 0.4) is 0 Å². The summed E-state index contributed by atoms with van der Waals surface area (Å²) in [6.45, 7) is 2.85. The number of hydrogen-bond donors (Lipinski definition) is 1. The lowest BCUT2D eigenvalue weighted by atomic mass is 9.96. The van der Waals surface area contributed by atoms with Crippen LogP contribution in [0.25, 0.3) is 0 Å². The third-order valence-electron chi connectivity index (χ3n) is 5.02. The minimum absolute atomic E-state index is 0.119. The summed E-state index contributed by atoms with van der Waals surface area (Å²) in [5.41, 5.74) is 2.87. The van der Waals surface area contributed by atoms with Crippen LogP contribution in [0.1, 0.15) is 18.5 Å². The van der Waals surface area contributed by atoms with E-state index < -0.39 is 6.04 Å². The number of nitrogens with zero attached hydrogens (tertiary/aromatic N) is 2. The first-order valence-electron chi connectivity index (χ1n) is 9.07. The molecule has 6 nitrogen and oxygen atoms in total. The second-order valence-corrected chi connectivity index (χ2v) is 7.11. The van der Waals surface area contributed by atoms with Crippen LogP contribution in [-0.4, -0.2) is 37.0 Å². The number of urea groups is 1. The molecular weight excluding hydrogens is 378 g/mol. The maximum Gasteiger partial charge on any atom is 0.322 e. The van der Waals surface area contributed by atoms with Crippen LogP contribution >= 0.6 is 11.6 Å². The van der Waals surface area contributed by atoms with E-state index in [0.29, 0.717) is 29.4 Å². The Morgan fingerprint density at radius 3 is 2.43 bits per heavy atom. The molecule has 2 aliphatic rings. The van der Waals surface area contributed by atoms with Crippen molar-refractivity contribution in [3.63, 3.8) is 0 Å². The summed E-state index contributed by atoms with van der Waals surface area (Å²) in [4.78, 5) is 28.9. The molecule has 1 N–H and O–H groups in total. The first-order valence-corrected chi connectivity index (χ1v) is 9.45. The van der Waals surface area contributed by atoms with Crippen LogP contribution in [0.2, 0.25) is 5.02 Å². The first kappa shape index (κ1) is 18.4. The molecule has 0 aromatic heterocycles. The molecule has 2 aromatic rings. The molecule has 0 saturated carbocycles. The Morgan fingerprint density at radius 1 is 1.11 bits per heavy atom. The average Bonchev–Trinajstić information content (AvgIpc) is 3.04. The Morgan fingerprint density at radius 2 is 1.79 bits per heavy atom. The third-order valence-corrected chi connectivity index (χ3v) is 5.28. The van der Waals surface area contributed by atoms with E-state index in [2.05, 4.69) is 5.32 Å². The molecule has 2 aromatic carbocycles. The molecule has 2 heterocycles. The topological polar surface area (TPSA) is 61.9 Å². The normalized spacial score (nSPS) is 19.0. The van der Waals surface area contributed by atoms with Crippen LogP contribution in [0, 0.1) is 0 Å². The maximum absolute atomic E-state index is 13.3. The predicted molar refractivity (Wildman–Crippen MR) is 107 cm³/mol. The molecule has 1 atom stereocenters. The molecule has 3 amide bonds. The largest absolute Gasteiger partial charge is 0.494 e. The summed E-state index contributed by atoms with van der Waals surface area (Å²) in [6, 6.07) is 13.8. The highest BCUT2D eigenvalue weighted by Crippen LogP contribution is 2.38. The molecule has 28 heavy (non-hydrogen) atoms.